The monoisotopic (exact) mass is 308 g/mol. The lowest BCUT2D eigenvalue weighted by atomic mass is 10.1. The molecule has 1 aliphatic heterocycles. The van der Waals surface area contributed by atoms with Gasteiger partial charge in [0.15, 0.2) is 0 Å². The quantitative estimate of drug-likeness (QED) is 0.786. The predicted molar refractivity (Wildman–Crippen MR) is 80.5 cm³/mol. The van der Waals surface area contributed by atoms with Crippen LogP contribution in [0.2, 0.25) is 0 Å². The molecule has 0 unspecified atom stereocenters. The number of carbonyl (C=O) groups is 2. The summed E-state index contributed by atoms with van der Waals surface area (Å²) in [6, 6.07) is 5.38. The molecule has 0 atom stereocenters. The molecule has 0 aliphatic carbocycles. The van der Waals surface area contributed by atoms with Crippen LogP contribution in [0.25, 0.3) is 0 Å². The third-order valence-corrected chi connectivity index (χ3v) is 3.67. The Morgan fingerprint density at radius 2 is 1.68 bits per heavy atom. The second kappa shape index (κ2) is 7.02. The molecule has 0 aromatic heterocycles. The average Bonchev–Trinajstić information content (AvgIpc) is 2.59. The van der Waals surface area contributed by atoms with E-state index < -0.39 is 5.97 Å². The highest BCUT2D eigenvalue weighted by atomic mass is 16.5. The van der Waals surface area contributed by atoms with Crippen LogP contribution in [0.4, 0.5) is 10.5 Å². The minimum absolute atomic E-state index is 0.315. The average molecular weight is 308 g/mol. The van der Waals surface area contributed by atoms with Gasteiger partial charge in [-0.2, -0.15) is 0 Å². The normalized spacial score (nSPS) is 14.5. The number of carbonyl (C=O) groups excluding carboxylic acids is 2. The number of hydrogen-bond donors (Lipinski definition) is 0. The van der Waals surface area contributed by atoms with E-state index in [1.807, 2.05) is 6.07 Å². The van der Waals surface area contributed by atoms with Gasteiger partial charge < -0.3 is 24.0 Å². The summed E-state index contributed by atoms with van der Waals surface area (Å²) in [6.07, 6.45) is -0.315. The van der Waals surface area contributed by atoms with Crippen molar-refractivity contribution in [3.05, 3.63) is 23.8 Å². The zero-order valence-electron chi connectivity index (χ0n) is 13.0. The molecule has 1 aromatic carbocycles. The van der Waals surface area contributed by atoms with Crippen LogP contribution in [0.15, 0.2) is 18.2 Å². The summed E-state index contributed by atoms with van der Waals surface area (Å²) in [5.74, 6) is 0.0377. The zero-order valence-corrected chi connectivity index (χ0v) is 13.0. The lowest BCUT2D eigenvalue weighted by molar-refractivity contribution is 0.0597. The van der Waals surface area contributed by atoms with Crippen LogP contribution in [0.5, 0.6) is 5.75 Å². The van der Waals surface area contributed by atoms with Crippen molar-refractivity contribution in [1.82, 2.24) is 4.90 Å². The summed E-state index contributed by atoms with van der Waals surface area (Å²) < 4.78 is 14.7. The number of amides is 1. The minimum Gasteiger partial charge on any atom is -0.496 e. The molecule has 0 N–H and O–H groups in total. The highest BCUT2D eigenvalue weighted by Crippen LogP contribution is 2.26. The van der Waals surface area contributed by atoms with Crippen molar-refractivity contribution in [2.75, 3.05) is 52.4 Å². The largest absolute Gasteiger partial charge is 0.496 e. The number of rotatable bonds is 3. The van der Waals surface area contributed by atoms with Crippen LogP contribution in [-0.4, -0.2) is 64.5 Å². The Morgan fingerprint density at radius 1 is 1.00 bits per heavy atom. The van der Waals surface area contributed by atoms with Crippen molar-refractivity contribution < 1.29 is 23.8 Å². The molecular formula is C15H20N2O5. The fourth-order valence-corrected chi connectivity index (χ4v) is 2.44. The molecule has 22 heavy (non-hydrogen) atoms. The SMILES string of the molecule is COC(=O)c1cc(N2CCN(C(=O)OC)CC2)ccc1OC. The first-order valence-corrected chi connectivity index (χ1v) is 6.95. The molecule has 0 spiro atoms. The van der Waals surface area contributed by atoms with Crippen molar-refractivity contribution in [3.63, 3.8) is 0 Å². The lowest BCUT2D eigenvalue weighted by Crippen LogP contribution is -2.48. The maximum absolute atomic E-state index is 11.8. The standard InChI is InChI=1S/C15H20N2O5/c1-20-13-5-4-11(10-12(13)14(18)21-2)16-6-8-17(9-7-16)15(19)22-3/h4-5,10H,6-9H2,1-3H3. The van der Waals surface area contributed by atoms with Gasteiger partial charge in [0.25, 0.3) is 0 Å². The molecule has 0 radical (unpaired) electrons. The van der Waals surface area contributed by atoms with E-state index in [2.05, 4.69) is 4.90 Å². The smallest absolute Gasteiger partial charge is 0.409 e. The highest BCUT2D eigenvalue weighted by molar-refractivity contribution is 5.93. The van der Waals surface area contributed by atoms with Crippen LogP contribution < -0.4 is 9.64 Å². The Kier molecular flexibility index (Phi) is 5.08. The molecule has 7 nitrogen and oxygen atoms in total. The summed E-state index contributed by atoms with van der Waals surface area (Å²) in [5, 5.41) is 0. The third-order valence-electron chi connectivity index (χ3n) is 3.67. The number of piperazine rings is 1. The molecule has 1 aromatic rings. The van der Waals surface area contributed by atoms with Crippen molar-refractivity contribution in [1.29, 1.82) is 0 Å². The molecule has 7 heteroatoms. The molecule has 2 rings (SSSR count). The van der Waals surface area contributed by atoms with Gasteiger partial charge in [-0.15, -0.1) is 0 Å². The van der Waals surface area contributed by atoms with Crippen LogP contribution in [0.1, 0.15) is 10.4 Å². The van der Waals surface area contributed by atoms with Gasteiger partial charge >= 0.3 is 12.1 Å². The number of anilines is 1. The maximum atomic E-state index is 11.8. The van der Waals surface area contributed by atoms with E-state index in [4.69, 9.17) is 14.2 Å². The van der Waals surface area contributed by atoms with Crippen LogP contribution >= 0.6 is 0 Å². The number of nitrogens with zero attached hydrogens (tertiary/aromatic N) is 2. The Bertz CT molecular complexity index is 553. The highest BCUT2D eigenvalue weighted by Gasteiger charge is 2.23. The Hall–Kier alpha value is -2.44. The first-order valence-electron chi connectivity index (χ1n) is 6.95. The molecule has 1 fully saturated rings. The molecule has 120 valence electrons. The fraction of sp³-hybridized carbons (Fsp3) is 0.467. The van der Waals surface area contributed by atoms with E-state index in [1.54, 1.807) is 17.0 Å². The van der Waals surface area contributed by atoms with Crippen molar-refractivity contribution >= 4 is 17.7 Å². The number of hydrogen-bond acceptors (Lipinski definition) is 6. The van der Waals surface area contributed by atoms with Gasteiger partial charge in [0.2, 0.25) is 0 Å². The van der Waals surface area contributed by atoms with Crippen LogP contribution in [0, 0.1) is 0 Å². The van der Waals surface area contributed by atoms with E-state index in [0.717, 1.165) is 5.69 Å². The fourth-order valence-electron chi connectivity index (χ4n) is 2.44. The topological polar surface area (TPSA) is 68.3 Å². The van der Waals surface area contributed by atoms with Crippen LogP contribution in [0.3, 0.4) is 0 Å². The van der Waals surface area contributed by atoms with E-state index >= 15 is 0 Å². The van der Waals surface area contributed by atoms with Crippen LogP contribution in [-0.2, 0) is 9.47 Å². The number of benzene rings is 1. The van der Waals surface area contributed by atoms with Crippen molar-refractivity contribution in [3.8, 4) is 5.75 Å². The van der Waals surface area contributed by atoms with Gasteiger partial charge in [0.1, 0.15) is 11.3 Å². The third kappa shape index (κ3) is 3.24. The first-order chi connectivity index (χ1) is 10.6. The second-order valence-corrected chi connectivity index (χ2v) is 4.82. The molecule has 1 heterocycles. The Morgan fingerprint density at radius 3 is 2.23 bits per heavy atom. The number of methoxy groups -OCH3 is 3. The van der Waals surface area contributed by atoms with Crippen molar-refractivity contribution in [2.45, 2.75) is 0 Å². The molecular weight excluding hydrogens is 288 g/mol. The lowest BCUT2D eigenvalue weighted by Gasteiger charge is -2.35. The van der Waals surface area contributed by atoms with Gasteiger partial charge in [0.05, 0.1) is 21.3 Å². The summed E-state index contributed by atoms with van der Waals surface area (Å²) in [7, 11) is 4.22. The zero-order chi connectivity index (χ0) is 16.1. The van der Waals surface area contributed by atoms with Gasteiger partial charge in [0, 0.05) is 31.9 Å². The number of ether oxygens (including phenoxy) is 3. The number of esters is 1. The van der Waals surface area contributed by atoms with Gasteiger partial charge in [-0.25, -0.2) is 9.59 Å². The van der Waals surface area contributed by atoms with E-state index in [9.17, 15) is 9.59 Å². The Labute approximate surface area is 129 Å². The summed E-state index contributed by atoms with van der Waals surface area (Å²) >= 11 is 0. The molecule has 1 amide bonds. The van der Waals surface area contributed by atoms with Gasteiger partial charge in [-0.1, -0.05) is 0 Å². The first kappa shape index (κ1) is 15.9. The maximum Gasteiger partial charge on any atom is 0.409 e. The van der Waals surface area contributed by atoms with Gasteiger partial charge in [-0.05, 0) is 18.2 Å². The predicted octanol–water partition coefficient (Wildman–Crippen LogP) is 1.37. The van der Waals surface area contributed by atoms with E-state index in [1.165, 1.54) is 21.3 Å². The second-order valence-electron chi connectivity index (χ2n) is 4.82. The molecule has 0 bridgehead atoms. The molecule has 0 saturated carbocycles. The molecule has 1 saturated heterocycles. The van der Waals surface area contributed by atoms with Gasteiger partial charge in [-0.3, -0.25) is 0 Å². The van der Waals surface area contributed by atoms with E-state index in [-0.39, 0.29) is 6.09 Å². The summed E-state index contributed by atoms with van der Waals surface area (Å²) in [4.78, 5) is 27.1. The summed E-state index contributed by atoms with van der Waals surface area (Å²) in [6.45, 7) is 2.49. The minimum atomic E-state index is -0.438. The molecule has 1 aliphatic rings. The van der Waals surface area contributed by atoms with E-state index in [0.29, 0.717) is 37.5 Å². The Balaban J connectivity index is 2.14. The summed E-state index contributed by atoms with van der Waals surface area (Å²) in [5.41, 5.74) is 1.28. The van der Waals surface area contributed by atoms with Crippen molar-refractivity contribution in [2.24, 2.45) is 0 Å².